The molecule has 146 valence electrons. The predicted octanol–water partition coefficient (Wildman–Crippen LogP) is 1.52. The molecule has 0 aliphatic rings. The van der Waals surface area contributed by atoms with Crippen LogP contribution in [-0.2, 0) is 17.8 Å². The van der Waals surface area contributed by atoms with Crippen molar-refractivity contribution in [1.82, 2.24) is 9.55 Å². The highest BCUT2D eigenvalue weighted by Crippen LogP contribution is 2.22. The minimum Gasteiger partial charge on any atom is -0.496 e. The molecule has 1 heterocycles. The number of nitrogen functional groups attached to an aromatic ring is 1. The highest BCUT2D eigenvalue weighted by Gasteiger charge is 2.23. The van der Waals surface area contributed by atoms with Gasteiger partial charge in [-0.3, -0.25) is 19.1 Å². The summed E-state index contributed by atoms with van der Waals surface area (Å²) in [5.74, 6) is 0.295. The molecule has 1 amide bonds. The number of rotatable bonds is 8. The molecule has 8 heteroatoms. The summed E-state index contributed by atoms with van der Waals surface area (Å²) in [6, 6.07) is 7.19. The van der Waals surface area contributed by atoms with Crippen molar-refractivity contribution in [3.63, 3.8) is 0 Å². The number of carbonyl (C=O) groups is 1. The molecule has 0 aliphatic carbocycles. The zero-order valence-corrected chi connectivity index (χ0v) is 15.9. The van der Waals surface area contributed by atoms with E-state index in [9.17, 15) is 14.4 Å². The van der Waals surface area contributed by atoms with Crippen LogP contribution < -0.4 is 26.6 Å². The number of aromatic amines is 1. The van der Waals surface area contributed by atoms with Gasteiger partial charge in [-0.15, -0.1) is 0 Å². The Hall–Kier alpha value is -3.03. The minimum absolute atomic E-state index is 0.00688. The van der Waals surface area contributed by atoms with Crippen LogP contribution in [0.25, 0.3) is 0 Å². The molecule has 0 saturated heterocycles. The third-order valence-corrected chi connectivity index (χ3v) is 4.37. The number of H-pyrrole nitrogens is 1. The standard InChI is InChI=1S/C19H26N4O4/c1-4-6-11-23-17(20)16(18(25)21-19(23)26)22(5-2)15(24)12-13-9-7-8-10-14(13)27-3/h7-10H,4-6,11-12,20H2,1-3H3,(H,21,25,26). The number of aromatic nitrogens is 2. The van der Waals surface area contributed by atoms with E-state index >= 15 is 0 Å². The van der Waals surface area contributed by atoms with Gasteiger partial charge in [0.15, 0.2) is 5.69 Å². The Morgan fingerprint density at radius 2 is 1.96 bits per heavy atom. The highest BCUT2D eigenvalue weighted by molar-refractivity contribution is 5.97. The first-order valence-electron chi connectivity index (χ1n) is 8.99. The number of nitrogens with zero attached hydrogens (tertiary/aromatic N) is 2. The fourth-order valence-corrected chi connectivity index (χ4v) is 2.94. The van der Waals surface area contributed by atoms with E-state index in [0.29, 0.717) is 17.9 Å². The molecule has 8 nitrogen and oxygen atoms in total. The highest BCUT2D eigenvalue weighted by atomic mass is 16.5. The van der Waals surface area contributed by atoms with Gasteiger partial charge in [0.1, 0.15) is 11.6 Å². The van der Waals surface area contributed by atoms with Gasteiger partial charge in [0.2, 0.25) is 5.91 Å². The number of benzene rings is 1. The number of hydrogen-bond acceptors (Lipinski definition) is 5. The number of nitrogens with two attached hydrogens (primary N) is 1. The van der Waals surface area contributed by atoms with Gasteiger partial charge >= 0.3 is 5.69 Å². The number of carbonyl (C=O) groups excluding carboxylic acids is 1. The molecular formula is C19H26N4O4. The summed E-state index contributed by atoms with van der Waals surface area (Å²) in [6.07, 6.45) is 1.65. The molecule has 0 saturated carbocycles. The van der Waals surface area contributed by atoms with Gasteiger partial charge < -0.3 is 15.4 Å². The number of anilines is 2. The topological polar surface area (TPSA) is 110 Å². The van der Waals surface area contributed by atoms with Gasteiger partial charge in [0, 0.05) is 18.7 Å². The van der Waals surface area contributed by atoms with Crippen molar-refractivity contribution in [2.75, 3.05) is 24.3 Å². The molecule has 0 bridgehead atoms. The number of para-hydroxylation sites is 1. The van der Waals surface area contributed by atoms with Crippen LogP contribution >= 0.6 is 0 Å². The van der Waals surface area contributed by atoms with Crippen LogP contribution in [-0.4, -0.2) is 29.1 Å². The maximum atomic E-state index is 12.9. The SMILES string of the molecule is CCCCn1c(N)c(N(CC)C(=O)Cc2ccccc2OC)c(=O)[nH]c1=O. The van der Waals surface area contributed by atoms with E-state index < -0.39 is 11.2 Å². The lowest BCUT2D eigenvalue weighted by molar-refractivity contribution is -0.118. The second-order valence-corrected chi connectivity index (χ2v) is 6.12. The summed E-state index contributed by atoms with van der Waals surface area (Å²) in [4.78, 5) is 41.0. The zero-order chi connectivity index (χ0) is 20.0. The summed E-state index contributed by atoms with van der Waals surface area (Å²) in [5, 5.41) is 0. The normalized spacial score (nSPS) is 10.6. The first kappa shape index (κ1) is 20.3. The number of nitrogens with one attached hydrogen (secondary N) is 1. The predicted molar refractivity (Wildman–Crippen MR) is 105 cm³/mol. The number of methoxy groups -OCH3 is 1. The molecule has 0 aliphatic heterocycles. The first-order valence-corrected chi connectivity index (χ1v) is 8.99. The average molecular weight is 374 g/mol. The Morgan fingerprint density at radius 1 is 1.26 bits per heavy atom. The third-order valence-electron chi connectivity index (χ3n) is 4.37. The second-order valence-electron chi connectivity index (χ2n) is 6.12. The van der Waals surface area contributed by atoms with E-state index in [1.54, 1.807) is 19.1 Å². The van der Waals surface area contributed by atoms with Crippen LogP contribution in [0.1, 0.15) is 32.3 Å². The van der Waals surface area contributed by atoms with E-state index in [0.717, 1.165) is 12.8 Å². The van der Waals surface area contributed by atoms with Crippen molar-refractivity contribution < 1.29 is 9.53 Å². The largest absolute Gasteiger partial charge is 0.496 e. The van der Waals surface area contributed by atoms with Crippen molar-refractivity contribution >= 4 is 17.4 Å². The zero-order valence-electron chi connectivity index (χ0n) is 15.9. The van der Waals surface area contributed by atoms with Crippen LogP contribution in [0.3, 0.4) is 0 Å². The van der Waals surface area contributed by atoms with E-state index in [-0.39, 0.29) is 30.4 Å². The van der Waals surface area contributed by atoms with Crippen LogP contribution in [0.2, 0.25) is 0 Å². The van der Waals surface area contributed by atoms with Gasteiger partial charge in [-0.05, 0) is 19.4 Å². The van der Waals surface area contributed by atoms with Gasteiger partial charge in [-0.25, -0.2) is 4.79 Å². The quantitative estimate of drug-likeness (QED) is 0.728. The van der Waals surface area contributed by atoms with Crippen LogP contribution in [0.4, 0.5) is 11.5 Å². The van der Waals surface area contributed by atoms with Crippen molar-refractivity contribution in [3.05, 3.63) is 50.7 Å². The molecule has 0 unspecified atom stereocenters. The molecule has 0 spiro atoms. The van der Waals surface area contributed by atoms with Gasteiger partial charge in [-0.1, -0.05) is 31.5 Å². The van der Waals surface area contributed by atoms with E-state index in [1.165, 1.54) is 16.6 Å². The lowest BCUT2D eigenvalue weighted by atomic mass is 10.1. The number of likely N-dealkylation sites (N-methyl/N-ethyl adjacent to an activating group) is 1. The van der Waals surface area contributed by atoms with Gasteiger partial charge in [0.05, 0.1) is 13.5 Å². The molecule has 3 N–H and O–H groups in total. The molecule has 2 rings (SSSR count). The summed E-state index contributed by atoms with van der Waals surface area (Å²) in [5.41, 5.74) is 5.59. The average Bonchev–Trinajstić information content (AvgIpc) is 2.65. The minimum atomic E-state index is -0.666. The van der Waals surface area contributed by atoms with E-state index in [4.69, 9.17) is 10.5 Å². The summed E-state index contributed by atoms with van der Waals surface area (Å²) in [6.45, 7) is 4.36. The molecule has 0 fully saturated rings. The molecular weight excluding hydrogens is 348 g/mol. The number of hydrogen-bond donors (Lipinski definition) is 2. The number of unbranched alkanes of at least 4 members (excludes halogenated alkanes) is 1. The first-order chi connectivity index (χ1) is 12.9. The van der Waals surface area contributed by atoms with Crippen molar-refractivity contribution in [3.8, 4) is 5.75 Å². The van der Waals surface area contributed by atoms with Crippen LogP contribution in [0, 0.1) is 0 Å². The summed E-state index contributed by atoms with van der Waals surface area (Å²) < 4.78 is 6.59. The number of ether oxygens (including phenoxy) is 1. The Balaban J connectivity index is 2.43. The fraction of sp³-hybridized carbons (Fsp3) is 0.421. The van der Waals surface area contributed by atoms with Gasteiger partial charge in [0.25, 0.3) is 5.56 Å². The maximum absolute atomic E-state index is 12.9. The van der Waals surface area contributed by atoms with E-state index in [2.05, 4.69) is 4.98 Å². The molecule has 27 heavy (non-hydrogen) atoms. The Morgan fingerprint density at radius 3 is 2.59 bits per heavy atom. The molecule has 0 atom stereocenters. The molecule has 1 aromatic carbocycles. The molecule has 0 radical (unpaired) electrons. The lowest BCUT2D eigenvalue weighted by Crippen LogP contribution is -2.41. The Kier molecular flexibility index (Phi) is 6.81. The van der Waals surface area contributed by atoms with Crippen molar-refractivity contribution in [1.29, 1.82) is 0 Å². The van der Waals surface area contributed by atoms with Crippen molar-refractivity contribution in [2.45, 2.75) is 39.7 Å². The number of amides is 1. The summed E-state index contributed by atoms with van der Waals surface area (Å²) >= 11 is 0. The van der Waals surface area contributed by atoms with Crippen molar-refractivity contribution in [2.24, 2.45) is 0 Å². The molecule has 1 aromatic heterocycles. The monoisotopic (exact) mass is 374 g/mol. The van der Waals surface area contributed by atoms with E-state index in [1.807, 2.05) is 19.1 Å². The second kappa shape index (κ2) is 9.07. The smallest absolute Gasteiger partial charge is 0.330 e. The third kappa shape index (κ3) is 4.39. The van der Waals surface area contributed by atoms with Crippen LogP contribution in [0.15, 0.2) is 33.9 Å². The Bertz CT molecular complexity index is 917. The summed E-state index contributed by atoms with van der Waals surface area (Å²) in [7, 11) is 1.53. The fourth-order valence-electron chi connectivity index (χ4n) is 2.94. The maximum Gasteiger partial charge on any atom is 0.330 e. The lowest BCUT2D eigenvalue weighted by Gasteiger charge is -2.23. The Labute approximate surface area is 157 Å². The van der Waals surface area contributed by atoms with Crippen LogP contribution in [0.5, 0.6) is 5.75 Å². The van der Waals surface area contributed by atoms with Gasteiger partial charge in [-0.2, -0.15) is 0 Å². The molecule has 2 aromatic rings.